The number of carbonyl (C=O) groups excluding carboxylic acids is 1. The number of ether oxygens (including phenoxy) is 1. The van der Waals surface area contributed by atoms with E-state index in [1.54, 1.807) is 7.11 Å². The molecule has 0 bridgehead atoms. The SMILES string of the molecule is COCCNCCNC(=O)c1c[nH]c(=O)n(C)c1=O.Cl. The zero-order valence-electron chi connectivity index (χ0n) is 11.4. The first-order valence-electron chi connectivity index (χ1n) is 5.84. The van der Waals surface area contributed by atoms with Gasteiger partial charge in [-0.15, -0.1) is 12.4 Å². The van der Waals surface area contributed by atoms with Crippen molar-refractivity contribution in [3.63, 3.8) is 0 Å². The van der Waals surface area contributed by atoms with Gasteiger partial charge in [-0.1, -0.05) is 0 Å². The molecule has 0 saturated carbocycles. The highest BCUT2D eigenvalue weighted by Crippen LogP contribution is 1.84. The molecule has 0 fully saturated rings. The highest BCUT2D eigenvalue weighted by Gasteiger charge is 2.11. The molecule has 0 aliphatic carbocycles. The molecule has 9 heteroatoms. The van der Waals surface area contributed by atoms with Crippen molar-refractivity contribution in [2.75, 3.05) is 33.4 Å². The molecule has 1 aromatic rings. The zero-order chi connectivity index (χ0) is 14.3. The zero-order valence-corrected chi connectivity index (χ0v) is 12.2. The minimum Gasteiger partial charge on any atom is -0.383 e. The van der Waals surface area contributed by atoms with Crippen molar-refractivity contribution in [2.24, 2.45) is 7.05 Å². The van der Waals surface area contributed by atoms with Gasteiger partial charge in [-0.25, -0.2) is 4.79 Å². The second-order valence-corrected chi connectivity index (χ2v) is 3.87. The summed E-state index contributed by atoms with van der Waals surface area (Å²) in [7, 11) is 2.92. The van der Waals surface area contributed by atoms with Gasteiger partial charge in [0.15, 0.2) is 0 Å². The van der Waals surface area contributed by atoms with E-state index >= 15 is 0 Å². The van der Waals surface area contributed by atoms with Crippen molar-refractivity contribution in [1.82, 2.24) is 20.2 Å². The summed E-state index contributed by atoms with van der Waals surface area (Å²) in [6, 6.07) is 0. The maximum Gasteiger partial charge on any atom is 0.328 e. The van der Waals surface area contributed by atoms with E-state index in [0.29, 0.717) is 26.2 Å². The highest BCUT2D eigenvalue weighted by atomic mass is 35.5. The van der Waals surface area contributed by atoms with E-state index in [1.165, 1.54) is 7.05 Å². The van der Waals surface area contributed by atoms with Crippen LogP contribution in [0, 0.1) is 0 Å². The van der Waals surface area contributed by atoms with Crippen LogP contribution in [0.2, 0.25) is 0 Å². The summed E-state index contributed by atoms with van der Waals surface area (Å²) in [6.07, 6.45) is 1.12. The summed E-state index contributed by atoms with van der Waals surface area (Å²) in [5, 5.41) is 5.63. The van der Waals surface area contributed by atoms with Crippen LogP contribution in [0.5, 0.6) is 0 Å². The number of hydrogen-bond acceptors (Lipinski definition) is 5. The number of carbonyl (C=O) groups is 1. The van der Waals surface area contributed by atoms with Gasteiger partial charge in [0, 0.05) is 40.0 Å². The average molecular weight is 307 g/mol. The van der Waals surface area contributed by atoms with Crippen LogP contribution in [0.3, 0.4) is 0 Å². The van der Waals surface area contributed by atoms with E-state index in [4.69, 9.17) is 4.74 Å². The smallest absolute Gasteiger partial charge is 0.328 e. The van der Waals surface area contributed by atoms with Crippen LogP contribution >= 0.6 is 12.4 Å². The molecule has 1 rings (SSSR count). The van der Waals surface area contributed by atoms with Crippen molar-refractivity contribution in [3.8, 4) is 0 Å². The molecule has 0 spiro atoms. The second-order valence-electron chi connectivity index (χ2n) is 3.87. The lowest BCUT2D eigenvalue weighted by atomic mass is 10.3. The predicted molar refractivity (Wildman–Crippen MR) is 76.6 cm³/mol. The summed E-state index contributed by atoms with van der Waals surface area (Å²) < 4.78 is 5.70. The first kappa shape index (κ1) is 18.4. The highest BCUT2D eigenvalue weighted by molar-refractivity contribution is 5.93. The maximum absolute atomic E-state index is 11.7. The first-order valence-corrected chi connectivity index (χ1v) is 5.84. The number of H-pyrrole nitrogens is 1. The molecule has 8 nitrogen and oxygen atoms in total. The van der Waals surface area contributed by atoms with E-state index in [0.717, 1.165) is 10.8 Å². The fourth-order valence-electron chi connectivity index (χ4n) is 1.39. The Labute approximate surface area is 121 Å². The van der Waals surface area contributed by atoms with Crippen LogP contribution in [0.1, 0.15) is 10.4 Å². The largest absolute Gasteiger partial charge is 0.383 e. The van der Waals surface area contributed by atoms with Gasteiger partial charge in [0.25, 0.3) is 11.5 Å². The number of aromatic amines is 1. The lowest BCUT2D eigenvalue weighted by molar-refractivity contribution is 0.0951. The number of nitrogens with zero attached hydrogens (tertiary/aromatic N) is 1. The topological polar surface area (TPSA) is 105 Å². The van der Waals surface area contributed by atoms with Crippen LogP contribution in [0.25, 0.3) is 0 Å². The molecule has 1 heterocycles. The molecule has 20 heavy (non-hydrogen) atoms. The fourth-order valence-corrected chi connectivity index (χ4v) is 1.39. The van der Waals surface area contributed by atoms with Crippen molar-refractivity contribution in [1.29, 1.82) is 0 Å². The summed E-state index contributed by atoms with van der Waals surface area (Å²) in [5.74, 6) is -0.509. The van der Waals surface area contributed by atoms with E-state index in [9.17, 15) is 14.4 Å². The molecule has 0 saturated heterocycles. The van der Waals surface area contributed by atoms with Gasteiger partial charge in [0.05, 0.1) is 6.61 Å². The van der Waals surface area contributed by atoms with Crippen molar-refractivity contribution < 1.29 is 9.53 Å². The molecule has 0 aromatic carbocycles. The Kier molecular flexibility index (Phi) is 8.53. The standard InChI is InChI=1S/C11H18N4O4.ClH/c1-15-10(17)8(7-14-11(15)18)9(16)13-4-3-12-5-6-19-2;/h7,12H,3-6H2,1-2H3,(H,13,16)(H,14,18);1H. The third-order valence-corrected chi connectivity index (χ3v) is 2.49. The Morgan fingerprint density at radius 2 is 2.05 bits per heavy atom. The minimum atomic E-state index is -0.617. The van der Waals surface area contributed by atoms with Crippen LogP contribution in [0.15, 0.2) is 15.8 Å². The van der Waals surface area contributed by atoms with Gasteiger partial charge >= 0.3 is 5.69 Å². The number of aromatic nitrogens is 2. The average Bonchev–Trinajstić information content (AvgIpc) is 2.40. The van der Waals surface area contributed by atoms with Gasteiger partial charge in [0.1, 0.15) is 5.56 Å². The molecule has 0 unspecified atom stereocenters. The normalized spacial score (nSPS) is 9.90. The first-order chi connectivity index (χ1) is 9.07. The molecule has 114 valence electrons. The predicted octanol–water partition coefficient (Wildman–Crippen LogP) is -1.54. The Bertz CT molecular complexity index is 540. The van der Waals surface area contributed by atoms with Crippen molar-refractivity contribution >= 4 is 18.3 Å². The number of hydrogen-bond donors (Lipinski definition) is 3. The maximum atomic E-state index is 11.7. The van der Waals surface area contributed by atoms with E-state index in [1.807, 2.05) is 0 Å². The van der Waals surface area contributed by atoms with Crippen molar-refractivity contribution in [3.05, 3.63) is 32.6 Å². The molecular formula is C11H19ClN4O4. The molecular weight excluding hydrogens is 288 g/mol. The van der Waals surface area contributed by atoms with Gasteiger partial charge < -0.3 is 20.4 Å². The van der Waals surface area contributed by atoms with Crippen LogP contribution in [-0.2, 0) is 11.8 Å². The van der Waals surface area contributed by atoms with E-state index < -0.39 is 17.2 Å². The molecule has 0 aliphatic heterocycles. The second kappa shape index (κ2) is 9.29. The monoisotopic (exact) mass is 306 g/mol. The number of nitrogens with one attached hydrogen (secondary N) is 3. The Hall–Kier alpha value is -1.64. The molecule has 0 aliphatic rings. The van der Waals surface area contributed by atoms with Gasteiger partial charge in [-0.3, -0.25) is 14.2 Å². The van der Waals surface area contributed by atoms with Gasteiger partial charge in [-0.2, -0.15) is 0 Å². The molecule has 3 N–H and O–H groups in total. The lowest BCUT2D eigenvalue weighted by Crippen LogP contribution is -2.40. The Morgan fingerprint density at radius 1 is 1.35 bits per heavy atom. The lowest BCUT2D eigenvalue weighted by Gasteiger charge is -2.06. The minimum absolute atomic E-state index is 0. The number of halogens is 1. The fraction of sp³-hybridized carbons (Fsp3) is 0.545. The van der Waals surface area contributed by atoms with Crippen LogP contribution in [-0.4, -0.2) is 48.8 Å². The Morgan fingerprint density at radius 3 is 2.70 bits per heavy atom. The molecule has 1 amide bonds. The molecule has 0 radical (unpaired) electrons. The van der Waals surface area contributed by atoms with E-state index in [-0.39, 0.29) is 18.0 Å². The summed E-state index contributed by atoms with van der Waals surface area (Å²) in [5.41, 5.74) is -1.25. The van der Waals surface area contributed by atoms with Gasteiger partial charge in [-0.05, 0) is 0 Å². The third kappa shape index (κ3) is 5.16. The number of amides is 1. The number of rotatable bonds is 7. The number of methoxy groups -OCH3 is 1. The van der Waals surface area contributed by atoms with Gasteiger partial charge in [0.2, 0.25) is 0 Å². The van der Waals surface area contributed by atoms with Crippen LogP contribution in [0.4, 0.5) is 0 Å². The van der Waals surface area contributed by atoms with Crippen molar-refractivity contribution in [2.45, 2.75) is 0 Å². The van der Waals surface area contributed by atoms with Crippen LogP contribution < -0.4 is 21.9 Å². The summed E-state index contributed by atoms with van der Waals surface area (Å²) in [6.45, 7) is 2.23. The molecule has 1 aromatic heterocycles. The molecule has 0 atom stereocenters. The summed E-state index contributed by atoms with van der Waals surface area (Å²) in [4.78, 5) is 36.8. The van der Waals surface area contributed by atoms with E-state index in [2.05, 4.69) is 15.6 Å². The Balaban J connectivity index is 0.00000361. The quantitative estimate of drug-likeness (QED) is 0.530. The summed E-state index contributed by atoms with van der Waals surface area (Å²) >= 11 is 0. The third-order valence-electron chi connectivity index (χ3n) is 2.49.